The normalized spacial score (nSPS) is 10.4. The van der Waals surface area contributed by atoms with Gasteiger partial charge >= 0.3 is 0 Å². The van der Waals surface area contributed by atoms with Gasteiger partial charge in [-0.1, -0.05) is 0 Å². The third kappa shape index (κ3) is 1.79. The summed E-state index contributed by atoms with van der Waals surface area (Å²) in [6, 6.07) is 4.88. The molecular formula is C11H10N2O3. The maximum Gasteiger partial charge on any atom is 0.272 e. The van der Waals surface area contributed by atoms with E-state index in [4.69, 9.17) is 4.42 Å². The minimum atomic E-state index is -0.396. The zero-order valence-electron chi connectivity index (χ0n) is 8.93. The van der Waals surface area contributed by atoms with Gasteiger partial charge in [-0.2, -0.15) is 0 Å². The summed E-state index contributed by atoms with van der Waals surface area (Å²) in [5.74, 6) is 0.575. The van der Waals surface area contributed by atoms with Crippen LogP contribution in [0.15, 0.2) is 28.9 Å². The largest absolute Gasteiger partial charge is 0.449 e. The Morgan fingerprint density at radius 1 is 1.38 bits per heavy atom. The summed E-state index contributed by atoms with van der Waals surface area (Å²) in [5.41, 5.74) is 2.24. The molecule has 0 fully saturated rings. The first kappa shape index (κ1) is 10.4. The lowest BCUT2D eigenvalue weighted by molar-refractivity contribution is -0.385. The molecule has 0 spiro atoms. The second-order valence-corrected chi connectivity index (χ2v) is 3.51. The number of aromatic nitrogens is 1. The monoisotopic (exact) mass is 218 g/mol. The molecule has 0 aliphatic rings. The van der Waals surface area contributed by atoms with E-state index < -0.39 is 4.92 Å². The number of rotatable bonds is 2. The molecular weight excluding hydrogens is 208 g/mol. The molecule has 1 aromatic heterocycles. The standard InChI is InChI=1S/C11H10N2O3/c1-7-5-9(3-4-11(7)13(14)15)10-6-16-8(2)12-10/h3-6H,1-2H3. The first-order valence-electron chi connectivity index (χ1n) is 4.75. The van der Waals surface area contributed by atoms with Crippen molar-refractivity contribution in [3.8, 4) is 11.3 Å². The Bertz CT molecular complexity index is 546. The first-order chi connectivity index (χ1) is 7.58. The van der Waals surface area contributed by atoms with Gasteiger partial charge in [-0.3, -0.25) is 10.1 Å². The minimum Gasteiger partial charge on any atom is -0.449 e. The van der Waals surface area contributed by atoms with E-state index in [1.807, 2.05) is 0 Å². The summed E-state index contributed by atoms with van der Waals surface area (Å²) >= 11 is 0. The summed E-state index contributed by atoms with van der Waals surface area (Å²) in [6.07, 6.45) is 1.54. The van der Waals surface area contributed by atoms with Crippen molar-refractivity contribution in [2.24, 2.45) is 0 Å². The van der Waals surface area contributed by atoms with Crippen LogP contribution in [0.5, 0.6) is 0 Å². The van der Waals surface area contributed by atoms with Gasteiger partial charge in [0, 0.05) is 24.1 Å². The average molecular weight is 218 g/mol. The molecule has 5 nitrogen and oxygen atoms in total. The van der Waals surface area contributed by atoms with E-state index in [1.165, 1.54) is 12.3 Å². The fraction of sp³-hybridized carbons (Fsp3) is 0.182. The number of oxazole rings is 1. The Hall–Kier alpha value is -2.17. The fourth-order valence-electron chi connectivity index (χ4n) is 1.52. The van der Waals surface area contributed by atoms with Crippen LogP contribution in [-0.2, 0) is 0 Å². The van der Waals surface area contributed by atoms with Gasteiger partial charge in [0.25, 0.3) is 5.69 Å². The summed E-state index contributed by atoms with van der Waals surface area (Å²) < 4.78 is 5.09. The topological polar surface area (TPSA) is 69.2 Å². The Balaban J connectivity index is 2.45. The van der Waals surface area contributed by atoms with Gasteiger partial charge in [0.15, 0.2) is 5.89 Å². The van der Waals surface area contributed by atoms with Crippen LogP contribution in [0.4, 0.5) is 5.69 Å². The van der Waals surface area contributed by atoms with Crippen LogP contribution in [0, 0.1) is 24.0 Å². The van der Waals surface area contributed by atoms with Crippen LogP contribution in [0.3, 0.4) is 0 Å². The van der Waals surface area contributed by atoms with Crippen LogP contribution in [0.25, 0.3) is 11.3 Å². The third-order valence-electron chi connectivity index (χ3n) is 2.31. The molecule has 0 radical (unpaired) electrons. The molecule has 0 aliphatic carbocycles. The zero-order chi connectivity index (χ0) is 11.7. The molecule has 5 heteroatoms. The highest BCUT2D eigenvalue weighted by Gasteiger charge is 2.12. The molecule has 82 valence electrons. The van der Waals surface area contributed by atoms with E-state index in [1.54, 1.807) is 26.0 Å². The SMILES string of the molecule is Cc1nc(-c2ccc([N+](=O)[O-])c(C)c2)co1. The summed E-state index contributed by atoms with van der Waals surface area (Å²) in [7, 11) is 0. The van der Waals surface area contributed by atoms with E-state index >= 15 is 0 Å². The predicted molar refractivity (Wildman–Crippen MR) is 58.1 cm³/mol. The molecule has 0 saturated carbocycles. The average Bonchev–Trinajstić information content (AvgIpc) is 2.64. The van der Waals surface area contributed by atoms with Crippen LogP contribution >= 0.6 is 0 Å². The van der Waals surface area contributed by atoms with Gasteiger partial charge < -0.3 is 4.42 Å². The van der Waals surface area contributed by atoms with Crippen LogP contribution in [0.1, 0.15) is 11.5 Å². The highest BCUT2D eigenvalue weighted by atomic mass is 16.6. The molecule has 0 unspecified atom stereocenters. The molecule has 0 saturated heterocycles. The van der Waals surface area contributed by atoms with E-state index in [-0.39, 0.29) is 5.69 Å². The second-order valence-electron chi connectivity index (χ2n) is 3.51. The van der Waals surface area contributed by atoms with Gasteiger partial charge in [0.05, 0.1) is 4.92 Å². The van der Waals surface area contributed by atoms with Gasteiger partial charge in [-0.05, 0) is 19.1 Å². The highest BCUT2D eigenvalue weighted by molar-refractivity contribution is 5.62. The number of benzene rings is 1. The smallest absolute Gasteiger partial charge is 0.272 e. The Kier molecular flexibility index (Phi) is 2.44. The predicted octanol–water partition coefficient (Wildman–Crippen LogP) is 2.87. The summed E-state index contributed by atoms with van der Waals surface area (Å²) in [6.45, 7) is 3.45. The number of hydrogen-bond donors (Lipinski definition) is 0. The quantitative estimate of drug-likeness (QED) is 0.574. The van der Waals surface area contributed by atoms with Gasteiger partial charge in [-0.15, -0.1) is 0 Å². The molecule has 1 heterocycles. The van der Waals surface area contributed by atoms with E-state index in [0.717, 1.165) is 5.56 Å². The number of hydrogen-bond acceptors (Lipinski definition) is 4. The lowest BCUT2D eigenvalue weighted by Crippen LogP contribution is -1.91. The highest BCUT2D eigenvalue weighted by Crippen LogP contribution is 2.25. The van der Waals surface area contributed by atoms with Crippen molar-refractivity contribution >= 4 is 5.69 Å². The first-order valence-corrected chi connectivity index (χ1v) is 4.75. The number of nitrogens with zero attached hydrogens (tertiary/aromatic N) is 2. The molecule has 0 aliphatic heterocycles. The van der Waals surface area contributed by atoms with Crippen molar-refractivity contribution < 1.29 is 9.34 Å². The molecule has 2 aromatic rings. The fourth-order valence-corrected chi connectivity index (χ4v) is 1.52. The summed E-state index contributed by atoms with van der Waals surface area (Å²) in [5, 5.41) is 10.6. The number of nitro groups is 1. The Labute approximate surface area is 91.9 Å². The van der Waals surface area contributed by atoms with Crippen LogP contribution < -0.4 is 0 Å². The van der Waals surface area contributed by atoms with Crippen LogP contribution in [-0.4, -0.2) is 9.91 Å². The molecule has 16 heavy (non-hydrogen) atoms. The molecule has 0 amide bonds. The number of aryl methyl sites for hydroxylation is 2. The van der Waals surface area contributed by atoms with Crippen molar-refractivity contribution in [2.45, 2.75) is 13.8 Å². The minimum absolute atomic E-state index is 0.115. The Morgan fingerprint density at radius 2 is 2.12 bits per heavy atom. The molecule has 0 atom stereocenters. The van der Waals surface area contributed by atoms with Crippen molar-refractivity contribution in [1.29, 1.82) is 0 Å². The molecule has 2 rings (SSSR count). The van der Waals surface area contributed by atoms with E-state index in [2.05, 4.69) is 4.98 Å². The van der Waals surface area contributed by atoms with E-state index in [9.17, 15) is 10.1 Å². The lowest BCUT2D eigenvalue weighted by Gasteiger charge is -1.99. The van der Waals surface area contributed by atoms with Crippen molar-refractivity contribution in [1.82, 2.24) is 4.98 Å². The van der Waals surface area contributed by atoms with Crippen molar-refractivity contribution in [3.05, 3.63) is 46.0 Å². The molecule has 0 N–H and O–H groups in total. The molecule has 1 aromatic carbocycles. The van der Waals surface area contributed by atoms with Crippen molar-refractivity contribution in [2.75, 3.05) is 0 Å². The third-order valence-corrected chi connectivity index (χ3v) is 2.31. The maximum atomic E-state index is 10.6. The second kappa shape index (κ2) is 3.77. The Morgan fingerprint density at radius 3 is 2.62 bits per heavy atom. The van der Waals surface area contributed by atoms with E-state index in [0.29, 0.717) is 17.1 Å². The van der Waals surface area contributed by atoms with Gasteiger partial charge in [0.2, 0.25) is 0 Å². The zero-order valence-corrected chi connectivity index (χ0v) is 8.93. The van der Waals surface area contributed by atoms with Gasteiger partial charge in [-0.25, -0.2) is 4.98 Å². The summed E-state index contributed by atoms with van der Waals surface area (Å²) in [4.78, 5) is 14.4. The maximum absolute atomic E-state index is 10.6. The van der Waals surface area contributed by atoms with Crippen molar-refractivity contribution in [3.63, 3.8) is 0 Å². The lowest BCUT2D eigenvalue weighted by atomic mass is 10.1. The molecule has 0 bridgehead atoms. The number of nitro benzene ring substituents is 1. The van der Waals surface area contributed by atoms with Gasteiger partial charge in [0.1, 0.15) is 12.0 Å². The van der Waals surface area contributed by atoms with Crippen LogP contribution in [0.2, 0.25) is 0 Å².